The van der Waals surface area contributed by atoms with Crippen molar-refractivity contribution < 1.29 is 24.3 Å². The van der Waals surface area contributed by atoms with Crippen molar-refractivity contribution in [1.82, 2.24) is 5.32 Å². The quantitative estimate of drug-likeness (QED) is 0.418. The van der Waals surface area contributed by atoms with Crippen LogP contribution < -0.4 is 11.1 Å². The molecule has 0 aromatic rings. The van der Waals surface area contributed by atoms with Gasteiger partial charge in [-0.15, -0.1) is 0 Å². The van der Waals surface area contributed by atoms with Gasteiger partial charge >= 0.3 is 5.97 Å². The molecule has 96 valence electrons. The SMILES string of the molecule is NC(=O)[C@@]12C(=O)NC(=O)[C@@]1(C(=O)O)C21CCCC1. The highest BCUT2D eigenvalue weighted by Gasteiger charge is 3.02. The lowest BCUT2D eigenvalue weighted by Crippen LogP contribution is -2.42. The van der Waals surface area contributed by atoms with Gasteiger partial charge in [0.15, 0.2) is 10.8 Å². The summed E-state index contributed by atoms with van der Waals surface area (Å²) in [4.78, 5) is 47.2. The van der Waals surface area contributed by atoms with Gasteiger partial charge in [-0.2, -0.15) is 0 Å². The average molecular weight is 252 g/mol. The van der Waals surface area contributed by atoms with Gasteiger partial charge in [0.25, 0.3) is 0 Å². The number of primary amides is 1. The molecule has 1 heterocycles. The van der Waals surface area contributed by atoms with E-state index >= 15 is 0 Å². The van der Waals surface area contributed by atoms with Gasteiger partial charge in [-0.05, 0) is 12.8 Å². The maximum atomic E-state index is 12.0. The second-order valence-electron chi connectivity index (χ2n) is 5.24. The molecule has 7 nitrogen and oxygen atoms in total. The third-order valence-electron chi connectivity index (χ3n) is 4.99. The van der Waals surface area contributed by atoms with Crippen molar-refractivity contribution in [2.75, 3.05) is 0 Å². The minimum atomic E-state index is -1.97. The Morgan fingerprint density at radius 2 is 1.61 bits per heavy atom. The molecule has 2 saturated carbocycles. The number of fused-ring (bicyclic) bond motifs is 3. The molecule has 3 rings (SSSR count). The summed E-state index contributed by atoms with van der Waals surface area (Å²) in [5, 5.41) is 11.4. The summed E-state index contributed by atoms with van der Waals surface area (Å²) in [5.41, 5.74) is 0.340. The lowest BCUT2D eigenvalue weighted by Gasteiger charge is -2.18. The number of hydrogen-bond donors (Lipinski definition) is 3. The van der Waals surface area contributed by atoms with E-state index in [1.165, 1.54) is 0 Å². The smallest absolute Gasteiger partial charge is 0.321 e. The molecule has 0 aromatic heterocycles. The monoisotopic (exact) mass is 252 g/mol. The molecule has 1 spiro atoms. The van der Waals surface area contributed by atoms with Crippen LogP contribution in [0.1, 0.15) is 25.7 Å². The Bertz CT molecular complexity index is 482. The second kappa shape index (κ2) is 2.73. The van der Waals surface area contributed by atoms with E-state index in [1.54, 1.807) is 0 Å². The molecule has 3 fully saturated rings. The molecule has 4 N–H and O–H groups in total. The van der Waals surface area contributed by atoms with Crippen LogP contribution >= 0.6 is 0 Å². The van der Waals surface area contributed by atoms with Gasteiger partial charge in [0.05, 0.1) is 0 Å². The predicted molar refractivity (Wildman–Crippen MR) is 55.7 cm³/mol. The van der Waals surface area contributed by atoms with Crippen LogP contribution in [0.3, 0.4) is 0 Å². The maximum Gasteiger partial charge on any atom is 0.321 e. The number of rotatable bonds is 2. The van der Waals surface area contributed by atoms with Gasteiger partial charge in [-0.1, -0.05) is 12.8 Å². The molecular weight excluding hydrogens is 240 g/mol. The fraction of sp³-hybridized carbons (Fsp3) is 0.636. The summed E-state index contributed by atoms with van der Waals surface area (Å²) >= 11 is 0. The first-order valence-corrected chi connectivity index (χ1v) is 5.79. The number of hydrogen-bond acceptors (Lipinski definition) is 4. The summed E-state index contributed by atoms with van der Waals surface area (Å²) in [6.07, 6.45) is 2.15. The van der Waals surface area contributed by atoms with Gasteiger partial charge in [0, 0.05) is 5.41 Å². The molecule has 2 aliphatic carbocycles. The number of carboxylic acids is 1. The molecular formula is C11H12N2O5. The number of nitrogens with two attached hydrogens (primary N) is 1. The van der Waals surface area contributed by atoms with Crippen LogP contribution in [0.4, 0.5) is 0 Å². The van der Waals surface area contributed by atoms with Crippen LogP contribution in [-0.4, -0.2) is 28.8 Å². The molecule has 3 aliphatic rings. The lowest BCUT2D eigenvalue weighted by molar-refractivity contribution is -0.151. The van der Waals surface area contributed by atoms with Gasteiger partial charge in [0.2, 0.25) is 17.7 Å². The van der Waals surface area contributed by atoms with E-state index in [0.29, 0.717) is 25.7 Å². The Kier molecular flexibility index (Phi) is 1.70. The summed E-state index contributed by atoms with van der Waals surface area (Å²) in [6, 6.07) is 0. The zero-order chi connectivity index (χ0) is 13.3. The summed E-state index contributed by atoms with van der Waals surface area (Å²) in [6.45, 7) is 0. The van der Waals surface area contributed by atoms with E-state index in [-0.39, 0.29) is 0 Å². The topological polar surface area (TPSA) is 127 Å². The first kappa shape index (κ1) is 11.2. The van der Waals surface area contributed by atoms with Crippen molar-refractivity contribution >= 4 is 23.7 Å². The number of aliphatic carboxylic acids is 1. The van der Waals surface area contributed by atoms with Crippen LogP contribution in [0.25, 0.3) is 0 Å². The van der Waals surface area contributed by atoms with Gasteiger partial charge in [-0.3, -0.25) is 24.5 Å². The minimum Gasteiger partial charge on any atom is -0.480 e. The van der Waals surface area contributed by atoms with Crippen LogP contribution in [0.15, 0.2) is 0 Å². The predicted octanol–water partition coefficient (Wildman–Crippen LogP) is -1.24. The fourth-order valence-corrected chi connectivity index (χ4v) is 4.48. The Morgan fingerprint density at radius 3 is 2.00 bits per heavy atom. The van der Waals surface area contributed by atoms with E-state index < -0.39 is 39.9 Å². The second-order valence-corrected chi connectivity index (χ2v) is 5.24. The molecule has 0 aromatic carbocycles. The molecule has 3 amide bonds. The molecule has 0 bridgehead atoms. The number of piperidine rings is 1. The lowest BCUT2D eigenvalue weighted by atomic mass is 9.88. The maximum absolute atomic E-state index is 12.0. The van der Waals surface area contributed by atoms with Crippen LogP contribution in [0.2, 0.25) is 0 Å². The largest absolute Gasteiger partial charge is 0.480 e. The minimum absolute atomic E-state index is 0.376. The summed E-state index contributed by atoms with van der Waals surface area (Å²) in [5.74, 6) is -4.16. The van der Waals surface area contributed by atoms with Crippen molar-refractivity contribution in [2.45, 2.75) is 25.7 Å². The standard InChI is InChI=1S/C11H12N2O5/c12-5(14)10-6(15)13-7(16)11(10,8(17)18)9(10)3-1-2-4-9/h1-4H2,(H2,12,14)(H,17,18)(H,13,15,16)/t10-,11+/m0/s1. The van der Waals surface area contributed by atoms with Gasteiger partial charge in [-0.25, -0.2) is 0 Å². The molecule has 18 heavy (non-hydrogen) atoms. The van der Waals surface area contributed by atoms with E-state index in [4.69, 9.17) is 5.73 Å². The zero-order valence-electron chi connectivity index (χ0n) is 9.49. The Morgan fingerprint density at radius 1 is 1.11 bits per heavy atom. The molecule has 0 radical (unpaired) electrons. The molecule has 2 atom stereocenters. The van der Waals surface area contributed by atoms with E-state index in [1.807, 2.05) is 5.32 Å². The van der Waals surface area contributed by atoms with Crippen molar-refractivity contribution in [1.29, 1.82) is 0 Å². The average Bonchev–Trinajstić information content (AvgIpc) is 2.52. The Hall–Kier alpha value is -1.92. The number of carboxylic acid groups (broad SMARTS) is 1. The highest BCUT2D eigenvalue weighted by Crippen LogP contribution is 2.85. The summed E-state index contributed by atoms with van der Waals surface area (Å²) in [7, 11) is 0. The van der Waals surface area contributed by atoms with Gasteiger partial charge < -0.3 is 10.8 Å². The molecule has 1 saturated heterocycles. The van der Waals surface area contributed by atoms with Crippen molar-refractivity contribution in [3.8, 4) is 0 Å². The van der Waals surface area contributed by atoms with Crippen LogP contribution in [0, 0.1) is 16.2 Å². The van der Waals surface area contributed by atoms with Gasteiger partial charge in [0.1, 0.15) is 0 Å². The molecule has 0 unspecified atom stereocenters. The Balaban J connectivity index is 2.30. The van der Waals surface area contributed by atoms with Crippen molar-refractivity contribution in [2.24, 2.45) is 22.0 Å². The number of imide groups is 1. The number of carbonyl (C=O) groups excluding carboxylic acids is 3. The highest BCUT2D eigenvalue weighted by atomic mass is 16.4. The van der Waals surface area contributed by atoms with Crippen molar-refractivity contribution in [3.63, 3.8) is 0 Å². The first-order valence-electron chi connectivity index (χ1n) is 5.79. The number of nitrogens with one attached hydrogen (secondary N) is 1. The van der Waals surface area contributed by atoms with E-state index in [0.717, 1.165) is 0 Å². The Labute approximate surface area is 102 Å². The van der Waals surface area contributed by atoms with Crippen LogP contribution in [-0.2, 0) is 19.2 Å². The number of amides is 3. The van der Waals surface area contributed by atoms with E-state index in [9.17, 15) is 24.3 Å². The fourth-order valence-electron chi connectivity index (χ4n) is 4.48. The normalized spacial score (nSPS) is 39.6. The molecule has 7 heteroatoms. The third-order valence-corrected chi connectivity index (χ3v) is 4.99. The van der Waals surface area contributed by atoms with Crippen LogP contribution in [0.5, 0.6) is 0 Å². The summed E-state index contributed by atoms with van der Waals surface area (Å²) < 4.78 is 0. The van der Waals surface area contributed by atoms with E-state index in [2.05, 4.69) is 0 Å². The number of carbonyl (C=O) groups is 4. The van der Waals surface area contributed by atoms with Crippen molar-refractivity contribution in [3.05, 3.63) is 0 Å². The first-order chi connectivity index (χ1) is 8.39. The zero-order valence-corrected chi connectivity index (χ0v) is 9.49. The molecule has 1 aliphatic heterocycles. The highest BCUT2D eigenvalue weighted by molar-refractivity contribution is 6.33. The third kappa shape index (κ3) is 0.667.